The zero-order valence-corrected chi connectivity index (χ0v) is 8.16. The summed E-state index contributed by atoms with van der Waals surface area (Å²) in [6.07, 6.45) is -3.43. The molecule has 0 saturated heterocycles. The third-order valence-corrected chi connectivity index (χ3v) is 2.34. The fourth-order valence-corrected chi connectivity index (χ4v) is 1.24. The van der Waals surface area contributed by atoms with Crippen LogP contribution in [0.25, 0.3) is 0 Å². The second-order valence-corrected chi connectivity index (χ2v) is 3.26. The van der Waals surface area contributed by atoms with Crippen molar-refractivity contribution in [1.82, 2.24) is 4.98 Å². The van der Waals surface area contributed by atoms with Crippen molar-refractivity contribution >= 4 is 23.2 Å². The van der Waals surface area contributed by atoms with Gasteiger partial charge in [-0.3, -0.25) is 0 Å². The Hall–Kier alpha value is -0.520. The minimum atomic E-state index is -4.55. The number of nitrogens with zero attached hydrogens (tertiary/aromatic N) is 1. The van der Waals surface area contributed by atoms with E-state index < -0.39 is 12.2 Å². The van der Waals surface area contributed by atoms with E-state index in [4.69, 9.17) is 28.9 Å². The van der Waals surface area contributed by atoms with Gasteiger partial charge in [0.2, 0.25) is 0 Å². The number of aromatic nitrogens is 1. The van der Waals surface area contributed by atoms with E-state index in [0.29, 0.717) is 0 Å². The van der Waals surface area contributed by atoms with Crippen molar-refractivity contribution < 1.29 is 13.2 Å². The van der Waals surface area contributed by atoms with E-state index in [1.165, 1.54) is 0 Å². The fraction of sp³-hybridized carbons (Fsp3) is 0.286. The predicted molar refractivity (Wildman–Crippen MR) is 47.2 cm³/mol. The molecule has 0 bridgehead atoms. The third kappa shape index (κ3) is 2.29. The van der Waals surface area contributed by atoms with Crippen LogP contribution in [0.4, 0.5) is 13.2 Å². The molecule has 0 fully saturated rings. The van der Waals surface area contributed by atoms with Gasteiger partial charge in [0.25, 0.3) is 0 Å². The summed E-state index contributed by atoms with van der Waals surface area (Å²) in [6.45, 7) is 0. The lowest BCUT2D eigenvalue weighted by Gasteiger charge is -2.16. The molecule has 0 saturated carbocycles. The van der Waals surface area contributed by atoms with Crippen molar-refractivity contribution in [1.29, 1.82) is 0 Å². The Morgan fingerprint density at radius 2 is 1.93 bits per heavy atom. The van der Waals surface area contributed by atoms with Crippen LogP contribution in [0.3, 0.4) is 0 Å². The highest BCUT2D eigenvalue weighted by atomic mass is 35.5. The molecule has 0 radical (unpaired) electrons. The molecule has 1 aromatic rings. The minimum Gasteiger partial charge on any atom is -0.316 e. The molecule has 0 aromatic carbocycles. The first-order chi connectivity index (χ1) is 6.34. The monoisotopic (exact) mass is 244 g/mol. The van der Waals surface area contributed by atoms with Crippen LogP contribution < -0.4 is 5.73 Å². The van der Waals surface area contributed by atoms with Gasteiger partial charge in [-0.2, -0.15) is 13.2 Å². The molecule has 2 N–H and O–H groups in total. The lowest BCUT2D eigenvalue weighted by Crippen LogP contribution is -2.28. The summed E-state index contributed by atoms with van der Waals surface area (Å²) in [5.41, 5.74) is 4.67. The van der Waals surface area contributed by atoms with Crippen molar-refractivity contribution in [3.63, 3.8) is 0 Å². The van der Waals surface area contributed by atoms with Crippen LogP contribution in [-0.4, -0.2) is 11.2 Å². The Morgan fingerprint density at radius 3 is 2.43 bits per heavy atom. The van der Waals surface area contributed by atoms with Gasteiger partial charge in [0.15, 0.2) is 0 Å². The summed E-state index contributed by atoms with van der Waals surface area (Å²) in [5, 5.41) is -0.456. The van der Waals surface area contributed by atoms with E-state index in [9.17, 15) is 13.2 Å². The Balaban J connectivity index is 3.14. The van der Waals surface area contributed by atoms with Crippen LogP contribution in [0.2, 0.25) is 10.2 Å². The zero-order valence-electron chi connectivity index (χ0n) is 6.65. The largest absolute Gasteiger partial charge is 0.407 e. The van der Waals surface area contributed by atoms with Crippen LogP contribution >= 0.6 is 23.2 Å². The van der Waals surface area contributed by atoms with Crippen LogP contribution in [0.1, 0.15) is 11.6 Å². The fourth-order valence-electron chi connectivity index (χ4n) is 0.848. The van der Waals surface area contributed by atoms with E-state index in [-0.39, 0.29) is 15.7 Å². The van der Waals surface area contributed by atoms with Crippen molar-refractivity contribution in [3.05, 3.63) is 28.0 Å². The van der Waals surface area contributed by atoms with Gasteiger partial charge in [0.1, 0.15) is 11.2 Å². The number of rotatable bonds is 1. The predicted octanol–water partition coefficient (Wildman–Crippen LogP) is 2.95. The van der Waals surface area contributed by atoms with Crippen molar-refractivity contribution in [3.8, 4) is 0 Å². The van der Waals surface area contributed by atoms with E-state index in [0.717, 1.165) is 12.3 Å². The summed E-state index contributed by atoms with van der Waals surface area (Å²) in [4.78, 5) is 3.51. The summed E-state index contributed by atoms with van der Waals surface area (Å²) in [7, 11) is 0. The summed E-state index contributed by atoms with van der Waals surface area (Å²) < 4.78 is 36.6. The lowest BCUT2D eigenvalue weighted by atomic mass is 10.1. The molecule has 0 aliphatic rings. The summed E-state index contributed by atoms with van der Waals surface area (Å²) >= 11 is 11.0. The van der Waals surface area contributed by atoms with E-state index in [1.807, 2.05) is 0 Å². The Bertz CT molecular complexity index is 340. The average Bonchev–Trinajstić information content (AvgIpc) is 2.07. The molecule has 14 heavy (non-hydrogen) atoms. The molecule has 1 unspecified atom stereocenters. The van der Waals surface area contributed by atoms with Crippen LogP contribution in [0.15, 0.2) is 12.3 Å². The lowest BCUT2D eigenvalue weighted by molar-refractivity contribution is -0.149. The molecule has 2 nitrogen and oxygen atoms in total. The van der Waals surface area contributed by atoms with Gasteiger partial charge in [0.05, 0.1) is 5.02 Å². The number of hydrogen-bond acceptors (Lipinski definition) is 2. The number of pyridine rings is 1. The van der Waals surface area contributed by atoms with Crippen molar-refractivity contribution in [2.45, 2.75) is 12.2 Å². The molecule has 1 aromatic heterocycles. The highest BCUT2D eigenvalue weighted by molar-refractivity contribution is 6.41. The smallest absolute Gasteiger partial charge is 0.316 e. The Morgan fingerprint density at radius 1 is 1.36 bits per heavy atom. The first-order valence-electron chi connectivity index (χ1n) is 3.46. The highest BCUT2D eigenvalue weighted by Crippen LogP contribution is 2.35. The molecule has 1 heterocycles. The molecule has 78 valence electrons. The molecule has 0 aliphatic carbocycles. The van der Waals surface area contributed by atoms with Crippen molar-refractivity contribution in [2.75, 3.05) is 0 Å². The van der Waals surface area contributed by atoms with E-state index in [2.05, 4.69) is 4.98 Å². The number of hydrogen-bond donors (Lipinski definition) is 1. The minimum absolute atomic E-state index is 0.191. The van der Waals surface area contributed by atoms with Gasteiger partial charge in [0, 0.05) is 11.8 Å². The van der Waals surface area contributed by atoms with Crippen LogP contribution in [0, 0.1) is 0 Å². The topological polar surface area (TPSA) is 38.9 Å². The standard InChI is InChI=1S/C7H5Cl2F3N2/c8-4-3(1-2-14-6(4)9)5(13)7(10,11)12/h1-2,5H,13H2. The maximum Gasteiger partial charge on any atom is 0.407 e. The SMILES string of the molecule is NC(c1ccnc(Cl)c1Cl)C(F)(F)F. The van der Waals surface area contributed by atoms with Gasteiger partial charge in [-0.1, -0.05) is 23.2 Å². The Labute approximate surface area is 87.8 Å². The summed E-state index contributed by atoms with van der Waals surface area (Å²) in [5.74, 6) is 0. The molecule has 7 heteroatoms. The van der Waals surface area contributed by atoms with E-state index in [1.54, 1.807) is 0 Å². The zero-order chi connectivity index (χ0) is 10.9. The molecule has 0 spiro atoms. The van der Waals surface area contributed by atoms with Gasteiger partial charge in [-0.05, 0) is 6.07 Å². The van der Waals surface area contributed by atoms with Gasteiger partial charge >= 0.3 is 6.18 Å². The average molecular weight is 245 g/mol. The van der Waals surface area contributed by atoms with Crippen molar-refractivity contribution in [2.24, 2.45) is 5.73 Å². The summed E-state index contributed by atoms with van der Waals surface area (Å²) in [6, 6.07) is -1.05. The maximum atomic E-state index is 12.2. The highest BCUT2D eigenvalue weighted by Gasteiger charge is 2.39. The first kappa shape index (κ1) is 11.6. The molecule has 1 rings (SSSR count). The Kier molecular flexibility index (Phi) is 3.24. The molecule has 1 atom stereocenters. The second-order valence-electron chi connectivity index (χ2n) is 2.52. The third-order valence-electron chi connectivity index (χ3n) is 1.56. The molecular formula is C7H5Cl2F3N2. The van der Waals surface area contributed by atoms with Gasteiger partial charge in [-0.25, -0.2) is 4.98 Å². The number of alkyl halides is 3. The first-order valence-corrected chi connectivity index (χ1v) is 4.22. The quantitative estimate of drug-likeness (QED) is 0.772. The van der Waals surface area contributed by atoms with E-state index >= 15 is 0 Å². The van der Waals surface area contributed by atoms with Gasteiger partial charge in [-0.15, -0.1) is 0 Å². The number of nitrogens with two attached hydrogens (primary N) is 1. The second kappa shape index (κ2) is 3.92. The molecule has 0 aliphatic heterocycles. The maximum absolute atomic E-state index is 12.2. The van der Waals surface area contributed by atoms with Crippen LogP contribution in [-0.2, 0) is 0 Å². The number of halogens is 5. The van der Waals surface area contributed by atoms with Gasteiger partial charge < -0.3 is 5.73 Å². The normalized spacial score (nSPS) is 14.1. The molecule has 0 amide bonds. The van der Waals surface area contributed by atoms with Crippen LogP contribution in [0.5, 0.6) is 0 Å². The molecular weight excluding hydrogens is 240 g/mol.